The molecule has 3 aliphatic rings. The molecule has 1 unspecified atom stereocenters. The van der Waals surface area contributed by atoms with Crippen LogP contribution in [0.1, 0.15) is 72.1 Å². The largest absolute Gasteiger partial charge is 0.325 e. The average molecular weight is 278 g/mol. The Morgan fingerprint density at radius 1 is 1.25 bits per heavy atom. The van der Waals surface area contributed by atoms with E-state index in [1.54, 1.807) is 0 Å². The van der Waals surface area contributed by atoms with Gasteiger partial charge < -0.3 is 4.90 Å². The summed E-state index contributed by atoms with van der Waals surface area (Å²) in [5, 5.41) is 3.75. The first-order valence-corrected chi connectivity index (χ1v) is 8.59. The number of amides is 1. The second kappa shape index (κ2) is 5.01. The van der Waals surface area contributed by atoms with E-state index in [9.17, 15) is 4.79 Å². The van der Waals surface area contributed by atoms with Gasteiger partial charge in [0.15, 0.2) is 0 Å². The third-order valence-electron chi connectivity index (χ3n) is 5.85. The summed E-state index contributed by atoms with van der Waals surface area (Å²) in [7, 11) is 0. The Balaban J connectivity index is 1.78. The van der Waals surface area contributed by atoms with Gasteiger partial charge in [0, 0.05) is 6.54 Å². The maximum atomic E-state index is 13.0. The summed E-state index contributed by atoms with van der Waals surface area (Å²) < 4.78 is 0. The van der Waals surface area contributed by atoms with Crippen molar-refractivity contribution in [2.75, 3.05) is 6.54 Å². The molecule has 1 heterocycles. The fourth-order valence-corrected chi connectivity index (χ4v) is 4.19. The van der Waals surface area contributed by atoms with E-state index in [4.69, 9.17) is 0 Å². The summed E-state index contributed by atoms with van der Waals surface area (Å²) in [4.78, 5) is 15.2. The van der Waals surface area contributed by atoms with Gasteiger partial charge in [-0.25, -0.2) is 0 Å². The van der Waals surface area contributed by atoms with Gasteiger partial charge in [0.05, 0.1) is 11.7 Å². The highest BCUT2D eigenvalue weighted by Gasteiger charge is 2.55. The molecule has 20 heavy (non-hydrogen) atoms. The predicted molar refractivity (Wildman–Crippen MR) is 81.2 cm³/mol. The standard InChI is InChI=1S/C17H30N2O/c1-4-16(9-10-16)12-19-14(11-13(2)3)18-17(15(19)20)7-5-6-8-17/h13-14,18H,4-12H2,1-3H3. The minimum absolute atomic E-state index is 0.191. The highest BCUT2D eigenvalue weighted by atomic mass is 16.2. The van der Waals surface area contributed by atoms with E-state index in [0.29, 0.717) is 17.2 Å². The number of hydrogen-bond acceptors (Lipinski definition) is 2. The number of rotatable bonds is 5. The Morgan fingerprint density at radius 2 is 1.90 bits per heavy atom. The summed E-state index contributed by atoms with van der Waals surface area (Å²) in [5.41, 5.74) is 0.264. The summed E-state index contributed by atoms with van der Waals surface area (Å²) >= 11 is 0. The molecule has 3 nitrogen and oxygen atoms in total. The number of nitrogens with one attached hydrogen (secondary N) is 1. The van der Waals surface area contributed by atoms with E-state index >= 15 is 0 Å². The van der Waals surface area contributed by atoms with Gasteiger partial charge in [0.1, 0.15) is 0 Å². The minimum atomic E-state index is -0.191. The van der Waals surface area contributed by atoms with Crippen molar-refractivity contribution in [3.05, 3.63) is 0 Å². The molecule has 1 spiro atoms. The molecule has 2 aliphatic carbocycles. The minimum Gasteiger partial charge on any atom is -0.325 e. The molecular weight excluding hydrogens is 248 g/mol. The van der Waals surface area contributed by atoms with Crippen LogP contribution >= 0.6 is 0 Å². The fourth-order valence-electron chi connectivity index (χ4n) is 4.19. The molecule has 3 rings (SSSR count). The summed E-state index contributed by atoms with van der Waals surface area (Å²) in [6.45, 7) is 7.80. The van der Waals surface area contributed by atoms with E-state index in [-0.39, 0.29) is 11.7 Å². The van der Waals surface area contributed by atoms with E-state index in [1.807, 2.05) is 0 Å². The topological polar surface area (TPSA) is 32.3 Å². The first kappa shape index (κ1) is 14.4. The highest BCUT2D eigenvalue weighted by molar-refractivity contribution is 5.89. The van der Waals surface area contributed by atoms with Gasteiger partial charge in [-0.2, -0.15) is 0 Å². The van der Waals surface area contributed by atoms with Crippen molar-refractivity contribution in [3.8, 4) is 0 Å². The van der Waals surface area contributed by atoms with Gasteiger partial charge in [-0.15, -0.1) is 0 Å². The molecule has 0 aromatic rings. The number of hydrogen-bond donors (Lipinski definition) is 1. The first-order chi connectivity index (χ1) is 9.50. The molecule has 0 aromatic carbocycles. The van der Waals surface area contributed by atoms with Crippen molar-refractivity contribution in [3.63, 3.8) is 0 Å². The molecular formula is C17H30N2O. The molecule has 0 bridgehead atoms. The molecule has 1 saturated heterocycles. The van der Waals surface area contributed by atoms with Crippen molar-refractivity contribution >= 4 is 5.91 Å². The van der Waals surface area contributed by atoms with Crippen LogP contribution in [0.15, 0.2) is 0 Å². The van der Waals surface area contributed by atoms with Crippen LogP contribution in [0.25, 0.3) is 0 Å². The maximum Gasteiger partial charge on any atom is 0.244 e. The zero-order chi connectivity index (χ0) is 14.4. The normalized spacial score (nSPS) is 30.7. The number of carbonyl (C=O) groups is 1. The van der Waals surface area contributed by atoms with Crippen LogP contribution in [0.2, 0.25) is 0 Å². The lowest BCUT2D eigenvalue weighted by atomic mass is 9.97. The molecule has 1 atom stereocenters. The van der Waals surface area contributed by atoms with Crippen LogP contribution in [-0.4, -0.2) is 29.1 Å². The van der Waals surface area contributed by atoms with E-state index in [2.05, 4.69) is 31.0 Å². The Kier molecular flexibility index (Phi) is 3.60. The third kappa shape index (κ3) is 2.38. The molecule has 1 amide bonds. The van der Waals surface area contributed by atoms with Crippen molar-refractivity contribution < 1.29 is 4.79 Å². The molecule has 0 aromatic heterocycles. The van der Waals surface area contributed by atoms with Gasteiger partial charge >= 0.3 is 0 Å². The monoisotopic (exact) mass is 278 g/mol. The lowest BCUT2D eigenvalue weighted by Gasteiger charge is -2.29. The predicted octanol–water partition coefficient (Wildman–Crippen LogP) is 3.29. The zero-order valence-corrected chi connectivity index (χ0v) is 13.4. The van der Waals surface area contributed by atoms with Gasteiger partial charge in [-0.05, 0) is 49.9 Å². The van der Waals surface area contributed by atoms with Crippen molar-refractivity contribution in [1.29, 1.82) is 0 Å². The van der Waals surface area contributed by atoms with Gasteiger partial charge in [-0.1, -0.05) is 33.6 Å². The van der Waals surface area contributed by atoms with Crippen LogP contribution in [0, 0.1) is 11.3 Å². The number of nitrogens with zero attached hydrogens (tertiary/aromatic N) is 1. The summed E-state index contributed by atoms with van der Waals surface area (Å²) in [6.07, 6.45) is 9.74. The average Bonchev–Trinajstić information content (AvgIpc) is 2.96. The molecule has 1 aliphatic heterocycles. The second-order valence-corrected chi connectivity index (χ2v) is 7.87. The van der Waals surface area contributed by atoms with Crippen molar-refractivity contribution in [2.24, 2.45) is 11.3 Å². The number of carbonyl (C=O) groups excluding carboxylic acids is 1. The lowest BCUT2D eigenvalue weighted by Crippen LogP contribution is -2.45. The zero-order valence-electron chi connectivity index (χ0n) is 13.4. The Hall–Kier alpha value is -0.570. The Morgan fingerprint density at radius 3 is 2.40 bits per heavy atom. The quantitative estimate of drug-likeness (QED) is 0.837. The van der Waals surface area contributed by atoms with Crippen LogP contribution in [0.5, 0.6) is 0 Å². The lowest BCUT2D eigenvalue weighted by molar-refractivity contribution is -0.134. The first-order valence-electron chi connectivity index (χ1n) is 8.59. The van der Waals surface area contributed by atoms with Crippen LogP contribution < -0.4 is 5.32 Å². The van der Waals surface area contributed by atoms with Crippen LogP contribution in [0.4, 0.5) is 0 Å². The van der Waals surface area contributed by atoms with Crippen LogP contribution in [0.3, 0.4) is 0 Å². The van der Waals surface area contributed by atoms with Crippen LogP contribution in [-0.2, 0) is 4.79 Å². The summed E-state index contributed by atoms with van der Waals surface area (Å²) in [6, 6.07) is 0. The molecule has 114 valence electrons. The Labute approximate surface area is 123 Å². The fraction of sp³-hybridized carbons (Fsp3) is 0.941. The summed E-state index contributed by atoms with van der Waals surface area (Å²) in [5.74, 6) is 1.05. The van der Waals surface area contributed by atoms with Gasteiger partial charge in [0.2, 0.25) is 5.91 Å². The van der Waals surface area contributed by atoms with Gasteiger partial charge in [-0.3, -0.25) is 10.1 Å². The highest BCUT2D eigenvalue weighted by Crippen LogP contribution is 2.50. The van der Waals surface area contributed by atoms with E-state index in [1.165, 1.54) is 32.1 Å². The van der Waals surface area contributed by atoms with E-state index in [0.717, 1.165) is 25.8 Å². The second-order valence-electron chi connectivity index (χ2n) is 7.87. The molecule has 0 radical (unpaired) electrons. The van der Waals surface area contributed by atoms with Gasteiger partial charge in [0.25, 0.3) is 0 Å². The maximum absolute atomic E-state index is 13.0. The van der Waals surface area contributed by atoms with Crippen molar-refractivity contribution in [1.82, 2.24) is 10.2 Å². The molecule has 3 heteroatoms. The molecule has 1 N–H and O–H groups in total. The van der Waals surface area contributed by atoms with Crippen molar-refractivity contribution in [2.45, 2.75) is 83.8 Å². The van der Waals surface area contributed by atoms with E-state index < -0.39 is 0 Å². The third-order valence-corrected chi connectivity index (χ3v) is 5.85. The Bertz CT molecular complexity index is 380. The molecule has 3 fully saturated rings. The smallest absolute Gasteiger partial charge is 0.244 e. The SMILES string of the molecule is CCC1(CN2C(=O)C3(CCCC3)NC2CC(C)C)CC1. The molecule has 2 saturated carbocycles.